The molecule has 7 aromatic rings. The minimum atomic E-state index is 1.05. The van der Waals surface area contributed by atoms with Gasteiger partial charge in [-0.05, 0) is 79.5 Å². The Balaban J connectivity index is 1.49. The molecule has 7 rings (SSSR count). The van der Waals surface area contributed by atoms with Gasteiger partial charge in [-0.3, -0.25) is 4.98 Å². The average Bonchev–Trinajstić information content (AvgIpc) is 3.01. The summed E-state index contributed by atoms with van der Waals surface area (Å²) in [6.07, 6.45) is 1.85. The predicted octanol–water partition coefficient (Wildman–Crippen LogP) is 10.4. The zero-order valence-corrected chi connectivity index (χ0v) is 21.8. The Labute approximate surface area is 229 Å². The van der Waals surface area contributed by atoms with E-state index in [0.717, 1.165) is 5.69 Å². The third kappa shape index (κ3) is 4.09. The monoisotopic (exact) mass is 497 g/mol. The van der Waals surface area contributed by atoms with Gasteiger partial charge < -0.3 is 0 Å². The van der Waals surface area contributed by atoms with Crippen molar-refractivity contribution in [2.24, 2.45) is 0 Å². The molecule has 0 saturated carbocycles. The molecule has 39 heavy (non-hydrogen) atoms. The summed E-state index contributed by atoms with van der Waals surface area (Å²) in [4.78, 5) is 4.47. The molecule has 0 amide bonds. The van der Waals surface area contributed by atoms with Gasteiger partial charge in [-0.2, -0.15) is 0 Å². The van der Waals surface area contributed by atoms with Gasteiger partial charge in [0.15, 0.2) is 0 Å². The molecule has 6 aromatic carbocycles. The Kier molecular flexibility index (Phi) is 5.75. The average molecular weight is 498 g/mol. The Bertz CT molecular complexity index is 1940. The van der Waals surface area contributed by atoms with Crippen LogP contribution in [0.25, 0.3) is 66.1 Å². The van der Waals surface area contributed by atoms with Crippen LogP contribution in [0.5, 0.6) is 0 Å². The van der Waals surface area contributed by atoms with Crippen LogP contribution in [-0.4, -0.2) is 4.98 Å². The number of pyridine rings is 1. The van der Waals surface area contributed by atoms with E-state index >= 15 is 0 Å². The fourth-order valence-electron chi connectivity index (χ4n) is 5.82. The number of fused-ring (bicyclic) bond motifs is 2. The van der Waals surface area contributed by atoms with E-state index in [1.54, 1.807) is 0 Å². The number of hydrogen-bond acceptors (Lipinski definition) is 1. The third-order valence-electron chi connectivity index (χ3n) is 7.69. The standard InChI is InChI=1S/C38H27N/c1-26-32(17-10-24-39-26)28-20-18-27(19-21-28)31-22-23-35-36(25-31)38(30-13-6-3-7-14-30)34-16-9-8-15-33(34)37(35)29-11-4-2-5-12-29/h2-25H,1H3. The second-order valence-corrected chi connectivity index (χ2v) is 10.0. The quantitative estimate of drug-likeness (QED) is 0.220. The topological polar surface area (TPSA) is 12.9 Å². The van der Waals surface area contributed by atoms with Crippen molar-refractivity contribution in [3.05, 3.63) is 151 Å². The van der Waals surface area contributed by atoms with E-state index in [4.69, 9.17) is 0 Å². The molecule has 1 aromatic heterocycles. The number of aryl methyl sites for hydroxylation is 1. The number of hydrogen-bond donors (Lipinski definition) is 0. The van der Waals surface area contributed by atoms with E-state index in [9.17, 15) is 0 Å². The lowest BCUT2D eigenvalue weighted by molar-refractivity contribution is 1.20. The second kappa shape index (κ2) is 9.70. The summed E-state index contributed by atoms with van der Waals surface area (Å²) in [5.41, 5.74) is 10.9. The fraction of sp³-hybridized carbons (Fsp3) is 0.0263. The van der Waals surface area contributed by atoms with Gasteiger partial charge in [0.05, 0.1) is 0 Å². The molecule has 0 unspecified atom stereocenters. The third-order valence-corrected chi connectivity index (χ3v) is 7.69. The van der Waals surface area contributed by atoms with Gasteiger partial charge in [0.25, 0.3) is 0 Å². The first-order valence-electron chi connectivity index (χ1n) is 13.4. The van der Waals surface area contributed by atoms with E-state index < -0.39 is 0 Å². The van der Waals surface area contributed by atoms with Crippen molar-refractivity contribution in [3.8, 4) is 44.5 Å². The van der Waals surface area contributed by atoms with Gasteiger partial charge >= 0.3 is 0 Å². The molecule has 0 atom stereocenters. The smallest absolute Gasteiger partial charge is 0.0450 e. The normalized spacial score (nSPS) is 11.2. The molecule has 0 N–H and O–H groups in total. The number of rotatable bonds is 4. The molecule has 0 saturated heterocycles. The van der Waals surface area contributed by atoms with Crippen LogP contribution in [-0.2, 0) is 0 Å². The largest absolute Gasteiger partial charge is 0.261 e. The first kappa shape index (κ1) is 23.1. The molecule has 0 spiro atoms. The van der Waals surface area contributed by atoms with Crippen LogP contribution in [0.2, 0.25) is 0 Å². The molecule has 0 radical (unpaired) electrons. The van der Waals surface area contributed by atoms with Crippen LogP contribution in [0.3, 0.4) is 0 Å². The number of nitrogens with zero attached hydrogens (tertiary/aromatic N) is 1. The van der Waals surface area contributed by atoms with Crippen LogP contribution in [0.15, 0.2) is 146 Å². The maximum Gasteiger partial charge on any atom is 0.0450 e. The lowest BCUT2D eigenvalue weighted by atomic mass is 9.85. The summed E-state index contributed by atoms with van der Waals surface area (Å²) in [5.74, 6) is 0. The van der Waals surface area contributed by atoms with Crippen LogP contribution >= 0.6 is 0 Å². The maximum atomic E-state index is 4.47. The SMILES string of the molecule is Cc1ncccc1-c1ccc(-c2ccc3c(-c4ccccc4)c4ccccc4c(-c4ccccc4)c3c2)cc1. The zero-order valence-electron chi connectivity index (χ0n) is 21.8. The molecule has 184 valence electrons. The van der Waals surface area contributed by atoms with Crippen molar-refractivity contribution < 1.29 is 0 Å². The summed E-state index contributed by atoms with van der Waals surface area (Å²) in [7, 11) is 0. The minimum Gasteiger partial charge on any atom is -0.261 e. The Morgan fingerprint density at radius 2 is 0.897 bits per heavy atom. The Morgan fingerprint density at radius 3 is 1.51 bits per heavy atom. The molecule has 1 heterocycles. The molecule has 1 heteroatoms. The number of aromatic nitrogens is 1. The van der Waals surface area contributed by atoms with Crippen molar-refractivity contribution in [3.63, 3.8) is 0 Å². The highest BCUT2D eigenvalue weighted by atomic mass is 14.7. The van der Waals surface area contributed by atoms with Crippen LogP contribution in [0.4, 0.5) is 0 Å². The van der Waals surface area contributed by atoms with E-state index in [1.807, 2.05) is 12.3 Å². The summed E-state index contributed by atoms with van der Waals surface area (Å²) < 4.78 is 0. The molecular weight excluding hydrogens is 470 g/mol. The highest BCUT2D eigenvalue weighted by Gasteiger charge is 2.17. The fourth-order valence-corrected chi connectivity index (χ4v) is 5.82. The molecule has 0 aliphatic rings. The van der Waals surface area contributed by atoms with Crippen molar-refractivity contribution in [1.29, 1.82) is 0 Å². The van der Waals surface area contributed by atoms with Crippen LogP contribution < -0.4 is 0 Å². The van der Waals surface area contributed by atoms with Crippen molar-refractivity contribution in [2.75, 3.05) is 0 Å². The Morgan fingerprint density at radius 1 is 0.385 bits per heavy atom. The van der Waals surface area contributed by atoms with E-state index in [1.165, 1.54) is 66.1 Å². The molecule has 0 aliphatic carbocycles. The molecular formula is C38H27N. The highest BCUT2D eigenvalue weighted by molar-refractivity contribution is 6.21. The summed E-state index contributed by atoms with van der Waals surface area (Å²) >= 11 is 0. The lowest BCUT2D eigenvalue weighted by Gasteiger charge is -2.18. The number of benzene rings is 6. The van der Waals surface area contributed by atoms with Crippen molar-refractivity contribution in [1.82, 2.24) is 4.98 Å². The van der Waals surface area contributed by atoms with Crippen LogP contribution in [0.1, 0.15) is 5.69 Å². The first-order chi connectivity index (χ1) is 19.3. The first-order valence-corrected chi connectivity index (χ1v) is 13.4. The van der Waals surface area contributed by atoms with Gasteiger partial charge in [-0.25, -0.2) is 0 Å². The maximum absolute atomic E-state index is 4.47. The molecule has 0 fully saturated rings. The van der Waals surface area contributed by atoms with Gasteiger partial charge in [0.2, 0.25) is 0 Å². The zero-order chi connectivity index (χ0) is 26.2. The summed E-state index contributed by atoms with van der Waals surface area (Å²) in [6.45, 7) is 2.06. The Hall–Kier alpha value is -5.01. The minimum absolute atomic E-state index is 1.05. The summed E-state index contributed by atoms with van der Waals surface area (Å²) in [5, 5.41) is 5.09. The predicted molar refractivity (Wildman–Crippen MR) is 166 cm³/mol. The molecule has 0 aliphatic heterocycles. The van der Waals surface area contributed by atoms with Crippen molar-refractivity contribution in [2.45, 2.75) is 6.92 Å². The van der Waals surface area contributed by atoms with Gasteiger partial charge in [-0.1, -0.05) is 127 Å². The van der Waals surface area contributed by atoms with E-state index in [0.29, 0.717) is 0 Å². The van der Waals surface area contributed by atoms with Crippen LogP contribution in [0, 0.1) is 6.92 Å². The van der Waals surface area contributed by atoms with Gasteiger partial charge in [0.1, 0.15) is 0 Å². The summed E-state index contributed by atoms with van der Waals surface area (Å²) in [6, 6.07) is 50.3. The van der Waals surface area contributed by atoms with Crippen molar-refractivity contribution >= 4 is 21.5 Å². The van der Waals surface area contributed by atoms with E-state index in [2.05, 4.69) is 145 Å². The molecule has 1 nitrogen and oxygen atoms in total. The van der Waals surface area contributed by atoms with Gasteiger partial charge in [0, 0.05) is 17.5 Å². The van der Waals surface area contributed by atoms with Gasteiger partial charge in [-0.15, -0.1) is 0 Å². The molecule has 0 bridgehead atoms. The van der Waals surface area contributed by atoms with E-state index in [-0.39, 0.29) is 0 Å². The lowest BCUT2D eigenvalue weighted by Crippen LogP contribution is -1.91. The second-order valence-electron chi connectivity index (χ2n) is 10.0. The highest BCUT2D eigenvalue weighted by Crippen LogP contribution is 2.44.